The van der Waals surface area contributed by atoms with E-state index in [-0.39, 0.29) is 11.9 Å². The molecule has 1 aliphatic heterocycles. The molecular weight excluding hydrogens is 212 g/mol. The maximum absolute atomic E-state index is 11.7. The van der Waals surface area contributed by atoms with Gasteiger partial charge in [0.25, 0.3) is 0 Å². The van der Waals surface area contributed by atoms with Gasteiger partial charge in [0.1, 0.15) is 0 Å². The van der Waals surface area contributed by atoms with Crippen LogP contribution in [0.1, 0.15) is 31.4 Å². The van der Waals surface area contributed by atoms with E-state index in [0.717, 1.165) is 32.5 Å². The van der Waals surface area contributed by atoms with E-state index in [1.54, 1.807) is 6.92 Å². The van der Waals surface area contributed by atoms with E-state index >= 15 is 0 Å². The largest absolute Gasteiger partial charge is 0.335 e. The molecule has 3 heteroatoms. The molecule has 1 N–H and O–H groups in total. The zero-order valence-electron chi connectivity index (χ0n) is 10.4. The van der Waals surface area contributed by atoms with E-state index in [2.05, 4.69) is 17.4 Å². The van der Waals surface area contributed by atoms with Crippen LogP contribution in [0.25, 0.3) is 0 Å². The number of nitrogens with one attached hydrogen (secondary N) is 1. The van der Waals surface area contributed by atoms with E-state index < -0.39 is 0 Å². The zero-order valence-corrected chi connectivity index (χ0v) is 10.4. The summed E-state index contributed by atoms with van der Waals surface area (Å²) in [5.41, 5.74) is 1.25. The Kier molecular flexibility index (Phi) is 4.15. The Hall–Kier alpha value is -1.35. The molecule has 1 aromatic rings. The van der Waals surface area contributed by atoms with Crippen LogP contribution in [0.5, 0.6) is 0 Å². The van der Waals surface area contributed by atoms with Crippen LogP contribution in [-0.4, -0.2) is 30.4 Å². The van der Waals surface area contributed by atoms with Crippen molar-refractivity contribution >= 4 is 5.91 Å². The Labute approximate surface area is 103 Å². The lowest BCUT2D eigenvalue weighted by molar-refractivity contribution is -0.131. The number of amides is 1. The van der Waals surface area contributed by atoms with Crippen LogP contribution in [0.4, 0.5) is 0 Å². The fraction of sp³-hybridized carbons (Fsp3) is 0.500. The van der Waals surface area contributed by atoms with Crippen molar-refractivity contribution in [3.05, 3.63) is 35.9 Å². The molecule has 0 spiro atoms. The summed E-state index contributed by atoms with van der Waals surface area (Å²) in [6.07, 6.45) is 2.15. The molecule has 92 valence electrons. The molecule has 1 unspecified atom stereocenters. The number of carbonyl (C=O) groups is 1. The number of benzene rings is 1. The second-order valence-electron chi connectivity index (χ2n) is 4.53. The molecule has 1 saturated heterocycles. The molecule has 0 aromatic heterocycles. The summed E-state index contributed by atoms with van der Waals surface area (Å²) in [6.45, 7) is 4.41. The summed E-state index contributed by atoms with van der Waals surface area (Å²) in [5, 5.41) is 3.35. The number of nitrogens with zero attached hydrogens (tertiary/aromatic N) is 1. The van der Waals surface area contributed by atoms with Gasteiger partial charge < -0.3 is 10.2 Å². The van der Waals surface area contributed by atoms with Gasteiger partial charge in [-0.25, -0.2) is 0 Å². The average Bonchev–Trinajstić information content (AvgIpc) is 2.29. The molecule has 1 amide bonds. The molecule has 1 atom stereocenters. The van der Waals surface area contributed by atoms with Gasteiger partial charge in [0.15, 0.2) is 0 Å². The molecular formula is C14H20N2O. The van der Waals surface area contributed by atoms with Crippen LogP contribution >= 0.6 is 0 Å². The number of hydrogen-bond donors (Lipinski definition) is 1. The van der Waals surface area contributed by atoms with Gasteiger partial charge in [-0.05, 0) is 24.9 Å². The summed E-state index contributed by atoms with van der Waals surface area (Å²) in [6, 6.07) is 10.6. The van der Waals surface area contributed by atoms with E-state index in [9.17, 15) is 4.79 Å². The highest BCUT2D eigenvalue weighted by atomic mass is 16.2. The minimum absolute atomic E-state index is 0.169. The van der Waals surface area contributed by atoms with Gasteiger partial charge in [-0.3, -0.25) is 4.79 Å². The second kappa shape index (κ2) is 5.82. The lowest BCUT2D eigenvalue weighted by atomic mass is 9.99. The van der Waals surface area contributed by atoms with Crippen LogP contribution in [-0.2, 0) is 4.79 Å². The SMILES string of the molecule is CC(=O)N1CCNCCCC1c1ccccc1. The van der Waals surface area contributed by atoms with Gasteiger partial charge >= 0.3 is 0 Å². The Morgan fingerprint density at radius 2 is 2.06 bits per heavy atom. The Balaban J connectivity index is 2.21. The number of carbonyl (C=O) groups excluding carboxylic acids is 1. The molecule has 0 radical (unpaired) electrons. The summed E-state index contributed by atoms with van der Waals surface area (Å²) < 4.78 is 0. The lowest BCUT2D eigenvalue weighted by Crippen LogP contribution is -2.40. The normalized spacial score (nSPS) is 21.7. The van der Waals surface area contributed by atoms with E-state index in [1.807, 2.05) is 23.1 Å². The monoisotopic (exact) mass is 232 g/mol. The van der Waals surface area contributed by atoms with Gasteiger partial charge in [-0.15, -0.1) is 0 Å². The van der Waals surface area contributed by atoms with Crippen molar-refractivity contribution in [2.24, 2.45) is 0 Å². The first-order chi connectivity index (χ1) is 8.29. The quantitative estimate of drug-likeness (QED) is 0.802. The van der Waals surface area contributed by atoms with Crippen molar-refractivity contribution in [1.29, 1.82) is 0 Å². The Morgan fingerprint density at radius 3 is 2.76 bits per heavy atom. The molecule has 1 fully saturated rings. The van der Waals surface area contributed by atoms with E-state index in [0.29, 0.717) is 0 Å². The summed E-state index contributed by atoms with van der Waals surface area (Å²) in [7, 11) is 0. The number of rotatable bonds is 1. The van der Waals surface area contributed by atoms with Crippen LogP contribution in [0.2, 0.25) is 0 Å². The minimum atomic E-state index is 0.169. The van der Waals surface area contributed by atoms with Gasteiger partial charge in [0, 0.05) is 20.0 Å². The maximum atomic E-state index is 11.7. The maximum Gasteiger partial charge on any atom is 0.220 e. The zero-order chi connectivity index (χ0) is 12.1. The molecule has 0 saturated carbocycles. The molecule has 0 aliphatic carbocycles. The third kappa shape index (κ3) is 3.07. The fourth-order valence-corrected chi connectivity index (χ4v) is 2.46. The van der Waals surface area contributed by atoms with Crippen molar-refractivity contribution in [1.82, 2.24) is 10.2 Å². The molecule has 1 heterocycles. The molecule has 0 bridgehead atoms. The smallest absolute Gasteiger partial charge is 0.220 e. The van der Waals surface area contributed by atoms with Gasteiger partial charge in [-0.1, -0.05) is 30.3 Å². The summed E-state index contributed by atoms with van der Waals surface area (Å²) >= 11 is 0. The molecule has 17 heavy (non-hydrogen) atoms. The van der Waals surface area contributed by atoms with Crippen LogP contribution in [0.15, 0.2) is 30.3 Å². The Bertz CT molecular complexity index is 364. The standard InChI is InChI=1S/C14H20N2O/c1-12(17)16-11-10-15-9-5-8-14(16)13-6-3-2-4-7-13/h2-4,6-7,14-15H,5,8-11H2,1H3. The third-order valence-corrected chi connectivity index (χ3v) is 3.33. The molecule has 1 aliphatic rings. The summed E-state index contributed by atoms with van der Waals surface area (Å²) in [5.74, 6) is 0.169. The first-order valence-electron chi connectivity index (χ1n) is 6.32. The van der Waals surface area contributed by atoms with Crippen LogP contribution in [0, 0.1) is 0 Å². The third-order valence-electron chi connectivity index (χ3n) is 3.33. The Morgan fingerprint density at radius 1 is 1.29 bits per heavy atom. The van der Waals surface area contributed by atoms with Crippen molar-refractivity contribution in [2.75, 3.05) is 19.6 Å². The number of hydrogen-bond acceptors (Lipinski definition) is 2. The topological polar surface area (TPSA) is 32.3 Å². The second-order valence-corrected chi connectivity index (χ2v) is 4.53. The summed E-state index contributed by atoms with van der Waals surface area (Å²) in [4.78, 5) is 13.7. The van der Waals surface area contributed by atoms with E-state index in [4.69, 9.17) is 0 Å². The van der Waals surface area contributed by atoms with Crippen LogP contribution < -0.4 is 5.32 Å². The highest BCUT2D eigenvalue weighted by Crippen LogP contribution is 2.26. The predicted octanol–water partition coefficient (Wildman–Crippen LogP) is 1.96. The van der Waals surface area contributed by atoms with Gasteiger partial charge in [-0.2, -0.15) is 0 Å². The van der Waals surface area contributed by atoms with Gasteiger partial charge in [0.2, 0.25) is 5.91 Å². The first kappa shape index (κ1) is 12.1. The van der Waals surface area contributed by atoms with Crippen molar-refractivity contribution in [3.8, 4) is 0 Å². The minimum Gasteiger partial charge on any atom is -0.335 e. The molecule has 2 rings (SSSR count). The van der Waals surface area contributed by atoms with Crippen molar-refractivity contribution in [2.45, 2.75) is 25.8 Å². The van der Waals surface area contributed by atoms with Gasteiger partial charge in [0.05, 0.1) is 6.04 Å². The van der Waals surface area contributed by atoms with Crippen molar-refractivity contribution in [3.63, 3.8) is 0 Å². The predicted molar refractivity (Wildman–Crippen MR) is 68.7 cm³/mol. The highest BCUT2D eigenvalue weighted by molar-refractivity contribution is 5.73. The highest BCUT2D eigenvalue weighted by Gasteiger charge is 2.23. The average molecular weight is 232 g/mol. The lowest BCUT2D eigenvalue weighted by Gasteiger charge is -2.33. The first-order valence-corrected chi connectivity index (χ1v) is 6.32. The molecule has 3 nitrogen and oxygen atoms in total. The van der Waals surface area contributed by atoms with Crippen molar-refractivity contribution < 1.29 is 4.79 Å². The fourth-order valence-electron chi connectivity index (χ4n) is 2.46. The molecule has 1 aromatic carbocycles. The van der Waals surface area contributed by atoms with Crippen LogP contribution in [0.3, 0.4) is 0 Å². The van der Waals surface area contributed by atoms with E-state index in [1.165, 1.54) is 5.56 Å².